The number of sulfonamides is 1. The first kappa shape index (κ1) is 16.5. The van der Waals surface area contributed by atoms with E-state index in [2.05, 4.69) is 15.9 Å². The third kappa shape index (κ3) is 3.31. The average Bonchev–Trinajstić information content (AvgIpc) is 2.37. The zero-order valence-electron chi connectivity index (χ0n) is 10.5. The molecule has 1 saturated heterocycles. The van der Waals surface area contributed by atoms with Crippen molar-refractivity contribution in [1.82, 2.24) is 4.31 Å². The van der Waals surface area contributed by atoms with E-state index in [1.165, 1.54) is 16.4 Å². The highest BCUT2D eigenvalue weighted by atomic mass is 79.9. The van der Waals surface area contributed by atoms with Crippen LogP contribution in [0.3, 0.4) is 0 Å². The number of halogens is 3. The summed E-state index contributed by atoms with van der Waals surface area (Å²) in [5.41, 5.74) is 0. The van der Waals surface area contributed by atoms with Gasteiger partial charge in [-0.25, -0.2) is 8.42 Å². The van der Waals surface area contributed by atoms with Gasteiger partial charge in [-0.05, 0) is 30.9 Å². The van der Waals surface area contributed by atoms with Crippen molar-refractivity contribution in [3.63, 3.8) is 0 Å². The molecule has 0 spiro atoms. The molecule has 0 aliphatic carbocycles. The number of benzene rings is 1. The number of nitrogens with zero attached hydrogens (tertiary/aromatic N) is 1. The molecule has 1 aliphatic heterocycles. The van der Waals surface area contributed by atoms with Gasteiger partial charge in [-0.2, -0.15) is 4.31 Å². The summed E-state index contributed by atoms with van der Waals surface area (Å²) in [6.45, 7) is 0.691. The normalized spacial score (nSPS) is 21.1. The van der Waals surface area contributed by atoms with Crippen LogP contribution in [0.1, 0.15) is 12.8 Å². The van der Waals surface area contributed by atoms with Gasteiger partial charge in [0.25, 0.3) is 0 Å². The molecule has 0 radical (unpaired) electrons. The SMILES string of the molecule is O=S(=O)(c1c(Cl)cc(Br)cc1Cl)N1CCCC(CO)C1. The predicted molar refractivity (Wildman–Crippen MR) is 82.7 cm³/mol. The van der Waals surface area contributed by atoms with E-state index >= 15 is 0 Å². The standard InChI is InChI=1S/C12H14BrCl2NO3S/c13-9-4-10(14)12(11(15)5-9)20(18,19)16-3-1-2-8(6-16)7-17/h4-5,8,17H,1-3,6-7H2. The van der Waals surface area contributed by atoms with E-state index in [1.54, 1.807) is 0 Å². The van der Waals surface area contributed by atoms with Crippen LogP contribution in [-0.2, 0) is 10.0 Å². The molecule has 112 valence electrons. The van der Waals surface area contributed by atoms with Crippen LogP contribution in [0.4, 0.5) is 0 Å². The Morgan fingerprint density at radius 1 is 1.35 bits per heavy atom. The first-order chi connectivity index (χ1) is 9.36. The van der Waals surface area contributed by atoms with Crippen LogP contribution < -0.4 is 0 Å². The zero-order chi connectivity index (χ0) is 14.9. The summed E-state index contributed by atoms with van der Waals surface area (Å²) in [6.07, 6.45) is 1.54. The fraction of sp³-hybridized carbons (Fsp3) is 0.500. The second-order valence-electron chi connectivity index (χ2n) is 4.75. The van der Waals surface area contributed by atoms with Crippen LogP contribution in [0.2, 0.25) is 10.0 Å². The van der Waals surface area contributed by atoms with Crippen molar-refractivity contribution < 1.29 is 13.5 Å². The van der Waals surface area contributed by atoms with Crippen LogP contribution >= 0.6 is 39.1 Å². The van der Waals surface area contributed by atoms with Crippen molar-refractivity contribution in [2.75, 3.05) is 19.7 Å². The maximum atomic E-state index is 12.7. The topological polar surface area (TPSA) is 57.6 Å². The van der Waals surface area contributed by atoms with Gasteiger partial charge in [-0.3, -0.25) is 0 Å². The highest BCUT2D eigenvalue weighted by Crippen LogP contribution is 2.35. The van der Waals surface area contributed by atoms with Crippen molar-refractivity contribution in [2.24, 2.45) is 5.92 Å². The first-order valence-electron chi connectivity index (χ1n) is 6.12. The van der Waals surface area contributed by atoms with Gasteiger partial charge < -0.3 is 5.11 Å². The highest BCUT2D eigenvalue weighted by Gasteiger charge is 2.33. The molecular formula is C12H14BrCl2NO3S. The highest BCUT2D eigenvalue weighted by molar-refractivity contribution is 9.10. The van der Waals surface area contributed by atoms with Gasteiger partial charge in [0.05, 0.1) is 10.0 Å². The summed E-state index contributed by atoms with van der Waals surface area (Å²) in [4.78, 5) is -0.0670. The van der Waals surface area contributed by atoms with Gasteiger partial charge in [0.2, 0.25) is 10.0 Å². The van der Waals surface area contributed by atoms with Crippen LogP contribution in [0.15, 0.2) is 21.5 Å². The van der Waals surface area contributed by atoms with Crippen molar-refractivity contribution in [3.05, 3.63) is 26.7 Å². The monoisotopic (exact) mass is 401 g/mol. The summed E-state index contributed by atoms with van der Waals surface area (Å²) in [7, 11) is -3.75. The van der Waals surface area contributed by atoms with Gasteiger partial charge in [-0.1, -0.05) is 39.1 Å². The zero-order valence-corrected chi connectivity index (χ0v) is 14.4. The smallest absolute Gasteiger partial charge is 0.246 e. The fourth-order valence-corrected chi connectivity index (χ4v) is 5.74. The number of hydrogen-bond acceptors (Lipinski definition) is 3. The third-order valence-electron chi connectivity index (χ3n) is 3.30. The number of piperidine rings is 1. The minimum Gasteiger partial charge on any atom is -0.396 e. The lowest BCUT2D eigenvalue weighted by Gasteiger charge is -2.31. The Hall–Kier alpha value is 0.150. The molecule has 8 heteroatoms. The maximum Gasteiger partial charge on any atom is 0.246 e. The van der Waals surface area contributed by atoms with Gasteiger partial charge in [-0.15, -0.1) is 0 Å². The Morgan fingerprint density at radius 3 is 2.50 bits per heavy atom. The summed E-state index contributed by atoms with van der Waals surface area (Å²) in [5.74, 6) is -0.0356. The quantitative estimate of drug-likeness (QED) is 0.844. The molecule has 1 fully saturated rings. The molecule has 2 rings (SSSR count). The summed E-state index contributed by atoms with van der Waals surface area (Å²) in [5, 5.41) is 9.40. The molecule has 0 bridgehead atoms. The number of hydrogen-bond donors (Lipinski definition) is 1. The molecule has 1 aliphatic rings. The second kappa shape index (κ2) is 6.50. The van der Waals surface area contributed by atoms with Crippen molar-refractivity contribution >= 4 is 49.2 Å². The van der Waals surface area contributed by atoms with Gasteiger partial charge >= 0.3 is 0 Å². The van der Waals surface area contributed by atoms with E-state index in [0.29, 0.717) is 17.6 Å². The minimum atomic E-state index is -3.75. The van der Waals surface area contributed by atoms with Crippen molar-refractivity contribution in [3.8, 4) is 0 Å². The van der Waals surface area contributed by atoms with Crippen LogP contribution in [-0.4, -0.2) is 37.5 Å². The van der Waals surface area contributed by atoms with E-state index in [0.717, 1.165) is 12.8 Å². The van der Waals surface area contributed by atoms with E-state index < -0.39 is 10.0 Å². The lowest BCUT2D eigenvalue weighted by atomic mass is 10.0. The number of aliphatic hydroxyl groups is 1. The molecule has 1 heterocycles. The van der Waals surface area contributed by atoms with Gasteiger partial charge in [0.1, 0.15) is 4.90 Å². The van der Waals surface area contributed by atoms with Crippen molar-refractivity contribution in [2.45, 2.75) is 17.7 Å². The molecule has 0 amide bonds. The Labute approximate surface area is 136 Å². The first-order valence-corrected chi connectivity index (χ1v) is 9.10. The van der Waals surface area contributed by atoms with Crippen molar-refractivity contribution in [1.29, 1.82) is 0 Å². The predicted octanol–water partition coefficient (Wildman–Crippen LogP) is 3.15. The van der Waals surface area contributed by atoms with Gasteiger partial charge in [0.15, 0.2) is 0 Å². The summed E-state index contributed by atoms with van der Waals surface area (Å²) < 4.78 is 27.3. The number of rotatable bonds is 3. The Bertz CT molecular complexity index is 586. The average molecular weight is 403 g/mol. The Morgan fingerprint density at radius 2 is 1.95 bits per heavy atom. The lowest BCUT2D eigenvalue weighted by Crippen LogP contribution is -2.41. The number of aliphatic hydroxyl groups excluding tert-OH is 1. The van der Waals surface area contributed by atoms with Crippen LogP contribution in [0.5, 0.6) is 0 Å². The molecule has 1 atom stereocenters. The van der Waals surface area contributed by atoms with E-state index in [-0.39, 0.29) is 27.5 Å². The molecule has 20 heavy (non-hydrogen) atoms. The molecule has 0 saturated carbocycles. The Kier molecular flexibility index (Phi) is 5.37. The summed E-state index contributed by atoms with van der Waals surface area (Å²) >= 11 is 15.3. The molecule has 1 unspecified atom stereocenters. The van der Waals surface area contributed by atoms with Gasteiger partial charge in [0, 0.05) is 24.2 Å². The lowest BCUT2D eigenvalue weighted by molar-refractivity contribution is 0.165. The molecule has 1 aromatic carbocycles. The molecule has 1 N–H and O–H groups in total. The largest absolute Gasteiger partial charge is 0.396 e. The minimum absolute atomic E-state index is 0.0200. The molecular weight excluding hydrogens is 389 g/mol. The second-order valence-corrected chi connectivity index (χ2v) is 8.36. The van der Waals surface area contributed by atoms with E-state index in [9.17, 15) is 13.5 Å². The van der Waals surface area contributed by atoms with Crippen LogP contribution in [0, 0.1) is 5.92 Å². The summed E-state index contributed by atoms with van der Waals surface area (Å²) in [6, 6.07) is 3.02. The molecule has 1 aromatic rings. The molecule has 0 aromatic heterocycles. The van der Waals surface area contributed by atoms with Crippen LogP contribution in [0.25, 0.3) is 0 Å². The Balaban J connectivity index is 2.40. The van der Waals surface area contributed by atoms with E-state index in [4.69, 9.17) is 23.2 Å². The fourth-order valence-electron chi connectivity index (χ4n) is 2.30. The molecule has 4 nitrogen and oxygen atoms in total. The third-order valence-corrected chi connectivity index (χ3v) is 6.55. The van der Waals surface area contributed by atoms with E-state index in [1.807, 2.05) is 0 Å². The maximum absolute atomic E-state index is 12.7.